The van der Waals surface area contributed by atoms with Crippen molar-refractivity contribution in [1.29, 1.82) is 0 Å². The maximum Gasteiger partial charge on any atom is 0.264 e. The SMILES string of the molecule is C[C@H](Nc1ncnc2nc[nH]c12)c1cc2ccc(F)c(Cl)c2c(=O)n1-c1c(Cl)cccc1Cl. The number of pyridine rings is 1. The number of para-hydroxylation sites is 1. The summed E-state index contributed by atoms with van der Waals surface area (Å²) in [6.45, 7) is 1.84. The van der Waals surface area contributed by atoms with E-state index in [1.807, 2.05) is 6.92 Å². The predicted octanol–water partition coefficient (Wildman–Crippen LogP) is 5.93. The number of anilines is 1. The molecule has 0 amide bonds. The number of H-pyrrole nitrogens is 1. The van der Waals surface area contributed by atoms with Crippen LogP contribution in [0.2, 0.25) is 15.1 Å². The van der Waals surface area contributed by atoms with Gasteiger partial charge in [-0.15, -0.1) is 0 Å². The first-order valence-electron chi connectivity index (χ1n) is 9.75. The molecule has 0 unspecified atom stereocenters. The van der Waals surface area contributed by atoms with Gasteiger partial charge in [-0.05, 0) is 36.6 Å². The van der Waals surface area contributed by atoms with E-state index in [0.717, 1.165) is 0 Å². The van der Waals surface area contributed by atoms with Crippen LogP contribution in [-0.4, -0.2) is 24.5 Å². The highest BCUT2D eigenvalue weighted by molar-refractivity contribution is 6.38. The van der Waals surface area contributed by atoms with E-state index in [2.05, 4.69) is 25.3 Å². The third-order valence-corrected chi connectivity index (χ3v) is 6.27. The van der Waals surface area contributed by atoms with Gasteiger partial charge in [0.1, 0.15) is 17.7 Å². The number of imidazole rings is 1. The molecule has 1 atom stereocenters. The first-order chi connectivity index (χ1) is 15.9. The second kappa shape index (κ2) is 8.30. The van der Waals surface area contributed by atoms with Crippen molar-refractivity contribution in [3.05, 3.63) is 86.0 Å². The van der Waals surface area contributed by atoms with Crippen LogP contribution in [0.5, 0.6) is 0 Å². The molecule has 7 nitrogen and oxygen atoms in total. The molecule has 11 heteroatoms. The number of nitrogens with one attached hydrogen (secondary N) is 2. The van der Waals surface area contributed by atoms with Crippen molar-refractivity contribution < 1.29 is 4.39 Å². The molecular formula is C22H14Cl3FN6O. The lowest BCUT2D eigenvalue weighted by molar-refractivity contribution is 0.629. The topological polar surface area (TPSA) is 88.5 Å². The molecule has 166 valence electrons. The molecule has 0 radical (unpaired) electrons. The monoisotopic (exact) mass is 502 g/mol. The lowest BCUT2D eigenvalue weighted by Crippen LogP contribution is -2.26. The third kappa shape index (κ3) is 3.60. The highest BCUT2D eigenvalue weighted by Crippen LogP contribution is 2.33. The van der Waals surface area contributed by atoms with E-state index in [1.54, 1.807) is 24.3 Å². The Morgan fingerprint density at radius 3 is 2.61 bits per heavy atom. The summed E-state index contributed by atoms with van der Waals surface area (Å²) in [4.78, 5) is 29.2. The van der Waals surface area contributed by atoms with E-state index in [4.69, 9.17) is 34.8 Å². The minimum Gasteiger partial charge on any atom is -0.360 e. The number of halogens is 4. The van der Waals surface area contributed by atoms with Gasteiger partial charge in [-0.3, -0.25) is 9.36 Å². The average Bonchev–Trinajstić information content (AvgIpc) is 3.27. The average molecular weight is 504 g/mol. The summed E-state index contributed by atoms with van der Waals surface area (Å²) in [7, 11) is 0. The zero-order valence-electron chi connectivity index (χ0n) is 16.9. The number of nitrogens with zero attached hydrogens (tertiary/aromatic N) is 4. The highest BCUT2D eigenvalue weighted by Gasteiger charge is 2.23. The Balaban J connectivity index is 1.78. The van der Waals surface area contributed by atoms with Crippen LogP contribution in [0.1, 0.15) is 18.7 Å². The molecule has 2 aromatic carbocycles. The number of aromatic nitrogens is 5. The van der Waals surface area contributed by atoms with Crippen molar-refractivity contribution in [2.75, 3.05) is 5.32 Å². The number of benzene rings is 2. The molecule has 33 heavy (non-hydrogen) atoms. The molecule has 0 spiro atoms. The summed E-state index contributed by atoms with van der Waals surface area (Å²) in [6.07, 6.45) is 2.90. The normalized spacial score (nSPS) is 12.4. The highest BCUT2D eigenvalue weighted by atomic mass is 35.5. The number of fused-ring (bicyclic) bond motifs is 2. The van der Waals surface area contributed by atoms with Gasteiger partial charge in [-0.2, -0.15) is 0 Å². The van der Waals surface area contributed by atoms with Gasteiger partial charge in [0.2, 0.25) is 0 Å². The number of aromatic amines is 1. The summed E-state index contributed by atoms with van der Waals surface area (Å²) in [6, 6.07) is 8.90. The molecule has 2 N–H and O–H groups in total. The number of rotatable bonds is 4. The lowest BCUT2D eigenvalue weighted by Gasteiger charge is -2.23. The van der Waals surface area contributed by atoms with Crippen LogP contribution in [0.4, 0.5) is 10.2 Å². The van der Waals surface area contributed by atoms with E-state index in [1.165, 1.54) is 29.4 Å². The fourth-order valence-electron chi connectivity index (χ4n) is 3.76. The van der Waals surface area contributed by atoms with Crippen LogP contribution in [0.3, 0.4) is 0 Å². The van der Waals surface area contributed by atoms with Gasteiger partial charge in [-0.25, -0.2) is 19.3 Å². The third-order valence-electron chi connectivity index (χ3n) is 5.29. The molecule has 0 saturated heterocycles. The van der Waals surface area contributed by atoms with E-state index in [0.29, 0.717) is 28.1 Å². The largest absolute Gasteiger partial charge is 0.360 e. The number of hydrogen-bond donors (Lipinski definition) is 2. The van der Waals surface area contributed by atoms with Gasteiger partial charge in [0.25, 0.3) is 5.56 Å². The van der Waals surface area contributed by atoms with Crippen LogP contribution in [0, 0.1) is 5.82 Å². The second-order valence-electron chi connectivity index (χ2n) is 7.30. The Morgan fingerprint density at radius 2 is 1.85 bits per heavy atom. The Labute approximate surface area is 201 Å². The molecule has 0 aliphatic carbocycles. The molecular weight excluding hydrogens is 490 g/mol. The first-order valence-corrected chi connectivity index (χ1v) is 10.9. The van der Waals surface area contributed by atoms with Gasteiger partial charge < -0.3 is 10.3 Å². The Morgan fingerprint density at radius 1 is 1.09 bits per heavy atom. The Hall–Kier alpha value is -3.20. The smallest absolute Gasteiger partial charge is 0.264 e. The second-order valence-corrected chi connectivity index (χ2v) is 8.49. The predicted molar refractivity (Wildman–Crippen MR) is 128 cm³/mol. The zero-order valence-corrected chi connectivity index (χ0v) is 19.2. The van der Waals surface area contributed by atoms with Gasteiger partial charge >= 0.3 is 0 Å². The van der Waals surface area contributed by atoms with Crippen molar-refractivity contribution >= 4 is 62.6 Å². The summed E-state index contributed by atoms with van der Waals surface area (Å²) in [5.74, 6) is -0.203. The maximum absolute atomic E-state index is 14.2. The van der Waals surface area contributed by atoms with Crippen molar-refractivity contribution in [3.8, 4) is 5.69 Å². The molecule has 0 fully saturated rings. The molecule has 0 bridgehead atoms. The Bertz CT molecular complexity index is 1580. The molecule has 5 rings (SSSR count). The molecule has 3 heterocycles. The minimum atomic E-state index is -0.695. The van der Waals surface area contributed by atoms with Crippen LogP contribution in [0.15, 0.2) is 53.8 Å². The maximum atomic E-state index is 14.2. The number of hydrogen-bond acceptors (Lipinski definition) is 5. The van der Waals surface area contributed by atoms with Crippen LogP contribution in [0.25, 0.3) is 27.6 Å². The van der Waals surface area contributed by atoms with Crippen molar-refractivity contribution in [2.24, 2.45) is 0 Å². The first kappa shape index (κ1) is 21.6. The fraction of sp³-hybridized carbons (Fsp3) is 0.0909. The van der Waals surface area contributed by atoms with Gasteiger partial charge in [0.15, 0.2) is 11.5 Å². The Kier molecular flexibility index (Phi) is 5.44. The van der Waals surface area contributed by atoms with Crippen molar-refractivity contribution in [1.82, 2.24) is 24.5 Å². The molecule has 5 aromatic rings. The van der Waals surface area contributed by atoms with Crippen LogP contribution >= 0.6 is 34.8 Å². The van der Waals surface area contributed by atoms with Crippen molar-refractivity contribution in [2.45, 2.75) is 13.0 Å². The van der Waals surface area contributed by atoms with Gasteiger partial charge in [0, 0.05) is 5.69 Å². The summed E-state index contributed by atoms with van der Waals surface area (Å²) >= 11 is 19.1. The summed E-state index contributed by atoms with van der Waals surface area (Å²) in [5.41, 5.74) is 1.33. The van der Waals surface area contributed by atoms with Gasteiger partial charge in [-0.1, -0.05) is 46.9 Å². The minimum absolute atomic E-state index is 0.0293. The summed E-state index contributed by atoms with van der Waals surface area (Å²) in [5, 5.41) is 4.02. The molecule has 0 saturated carbocycles. The van der Waals surface area contributed by atoms with Crippen LogP contribution < -0.4 is 10.9 Å². The standard InChI is InChI=1S/C22H14Cl3FN6O/c1-10(31-21-18-20(28-8-27-18)29-9-30-21)15-7-11-5-6-14(26)17(25)16(11)22(33)32(15)19-12(23)3-2-4-13(19)24/h2-10H,1H3,(H2,27,28,29,30,31)/t10-/m0/s1. The van der Waals surface area contributed by atoms with E-state index in [-0.39, 0.29) is 26.1 Å². The van der Waals surface area contributed by atoms with E-state index < -0.39 is 17.4 Å². The van der Waals surface area contributed by atoms with Crippen LogP contribution in [-0.2, 0) is 0 Å². The van der Waals surface area contributed by atoms with Crippen molar-refractivity contribution in [3.63, 3.8) is 0 Å². The quantitative estimate of drug-likeness (QED) is 0.317. The van der Waals surface area contributed by atoms with E-state index >= 15 is 0 Å². The molecule has 0 aliphatic rings. The molecule has 3 aromatic heterocycles. The zero-order chi connectivity index (χ0) is 23.3. The summed E-state index contributed by atoms with van der Waals surface area (Å²) < 4.78 is 15.6. The van der Waals surface area contributed by atoms with Gasteiger partial charge in [0.05, 0.1) is 38.5 Å². The lowest BCUT2D eigenvalue weighted by atomic mass is 10.1. The van der Waals surface area contributed by atoms with E-state index in [9.17, 15) is 9.18 Å². The fourth-order valence-corrected chi connectivity index (χ4v) is 4.58. The molecule has 0 aliphatic heterocycles.